The highest BCUT2D eigenvalue weighted by molar-refractivity contribution is 6.33. The van der Waals surface area contributed by atoms with Crippen molar-refractivity contribution in [3.05, 3.63) is 40.6 Å². The fourth-order valence-corrected chi connectivity index (χ4v) is 2.89. The summed E-state index contributed by atoms with van der Waals surface area (Å²) in [5.74, 6) is -0.137. The molecule has 1 aromatic carbocycles. The number of halogens is 1. The summed E-state index contributed by atoms with van der Waals surface area (Å²) in [6.45, 7) is 3.22. The minimum atomic E-state index is -0.664. The molecule has 1 saturated carbocycles. The number of carbonyl (C=O) groups excluding carboxylic acids is 2. The van der Waals surface area contributed by atoms with E-state index in [2.05, 4.69) is 10.5 Å². The Bertz CT molecular complexity index is 798. The van der Waals surface area contributed by atoms with E-state index >= 15 is 0 Å². The number of hydrogen-bond acceptors (Lipinski definition) is 5. The van der Waals surface area contributed by atoms with Crippen LogP contribution < -0.4 is 5.32 Å². The number of rotatable bonds is 6. The molecule has 0 saturated heterocycles. The zero-order chi connectivity index (χ0) is 18.0. The van der Waals surface area contributed by atoms with Gasteiger partial charge in [0, 0.05) is 11.6 Å². The number of benzene rings is 1. The molecule has 2 aromatic rings. The van der Waals surface area contributed by atoms with Gasteiger partial charge in [-0.1, -0.05) is 35.0 Å². The molecular formula is C18H19ClN2O4. The van der Waals surface area contributed by atoms with Gasteiger partial charge < -0.3 is 14.6 Å². The fourth-order valence-electron chi connectivity index (χ4n) is 2.66. The first-order valence-corrected chi connectivity index (χ1v) is 8.53. The first kappa shape index (κ1) is 17.5. The van der Waals surface area contributed by atoms with E-state index in [-0.39, 0.29) is 24.1 Å². The number of esters is 1. The van der Waals surface area contributed by atoms with E-state index in [0.717, 1.165) is 12.8 Å². The quantitative estimate of drug-likeness (QED) is 0.797. The molecule has 1 fully saturated rings. The molecule has 7 heteroatoms. The molecule has 1 aliphatic rings. The lowest BCUT2D eigenvalue weighted by Crippen LogP contribution is -2.37. The zero-order valence-corrected chi connectivity index (χ0v) is 14.8. The van der Waals surface area contributed by atoms with Gasteiger partial charge in [0.15, 0.2) is 6.61 Å². The van der Waals surface area contributed by atoms with Crippen LogP contribution in [0.25, 0.3) is 11.3 Å². The van der Waals surface area contributed by atoms with Gasteiger partial charge in [0.05, 0.1) is 5.02 Å². The van der Waals surface area contributed by atoms with Crippen LogP contribution in [0.4, 0.5) is 0 Å². The summed E-state index contributed by atoms with van der Waals surface area (Å²) in [6.07, 6.45) is 2.25. The first-order chi connectivity index (χ1) is 12.0. The molecule has 3 rings (SSSR count). The van der Waals surface area contributed by atoms with Gasteiger partial charge in [0.25, 0.3) is 5.91 Å². The molecule has 0 spiro atoms. The number of aryl methyl sites for hydroxylation is 1. The van der Waals surface area contributed by atoms with E-state index in [9.17, 15) is 9.59 Å². The summed E-state index contributed by atoms with van der Waals surface area (Å²) >= 11 is 6.17. The minimum Gasteiger partial charge on any atom is -0.452 e. The molecule has 0 radical (unpaired) electrons. The third-order valence-corrected chi connectivity index (χ3v) is 4.58. The van der Waals surface area contributed by atoms with Crippen LogP contribution in [0.15, 0.2) is 28.8 Å². The maximum Gasteiger partial charge on any atom is 0.344 e. The Kier molecular flexibility index (Phi) is 5.08. The van der Waals surface area contributed by atoms with E-state index in [1.807, 2.05) is 6.92 Å². The van der Waals surface area contributed by atoms with Gasteiger partial charge in [-0.15, -0.1) is 0 Å². The second-order valence-electron chi connectivity index (χ2n) is 6.21. The Morgan fingerprint density at radius 1 is 1.40 bits per heavy atom. The van der Waals surface area contributed by atoms with Gasteiger partial charge in [-0.05, 0) is 38.7 Å². The van der Waals surface area contributed by atoms with Gasteiger partial charge in [-0.25, -0.2) is 4.79 Å². The van der Waals surface area contributed by atoms with Crippen molar-refractivity contribution in [3.63, 3.8) is 0 Å². The van der Waals surface area contributed by atoms with Crippen LogP contribution in [0.2, 0.25) is 5.02 Å². The number of ether oxygens (including phenoxy) is 1. The molecule has 6 nitrogen and oxygen atoms in total. The number of nitrogens with one attached hydrogen (secondary N) is 1. The lowest BCUT2D eigenvalue weighted by molar-refractivity contribution is -0.125. The highest BCUT2D eigenvalue weighted by Gasteiger charge is 2.29. The molecule has 0 aliphatic heterocycles. The van der Waals surface area contributed by atoms with Crippen molar-refractivity contribution in [3.8, 4) is 11.3 Å². The molecule has 132 valence electrons. The molecule has 1 aromatic heterocycles. The van der Waals surface area contributed by atoms with Crippen LogP contribution in [-0.4, -0.2) is 29.7 Å². The minimum absolute atomic E-state index is 0.0993. The van der Waals surface area contributed by atoms with Crippen LogP contribution in [0.1, 0.15) is 35.9 Å². The van der Waals surface area contributed by atoms with E-state index in [1.165, 1.54) is 0 Å². The van der Waals surface area contributed by atoms with E-state index in [4.69, 9.17) is 20.9 Å². The Morgan fingerprint density at radius 3 is 2.80 bits per heavy atom. The molecule has 1 N–H and O–H groups in total. The lowest BCUT2D eigenvalue weighted by atomic mass is 10.1. The van der Waals surface area contributed by atoms with Gasteiger partial charge >= 0.3 is 5.97 Å². The Balaban J connectivity index is 1.69. The number of carbonyl (C=O) groups is 2. The van der Waals surface area contributed by atoms with Crippen LogP contribution in [0, 0.1) is 12.8 Å². The van der Waals surface area contributed by atoms with Gasteiger partial charge in [0.2, 0.25) is 0 Å². The fraction of sp³-hybridized carbons (Fsp3) is 0.389. The highest BCUT2D eigenvalue weighted by Crippen LogP contribution is 2.32. The third kappa shape index (κ3) is 4.02. The molecule has 1 atom stereocenters. The van der Waals surface area contributed by atoms with Crippen molar-refractivity contribution in [2.24, 2.45) is 5.92 Å². The smallest absolute Gasteiger partial charge is 0.344 e. The van der Waals surface area contributed by atoms with E-state index in [1.54, 1.807) is 31.2 Å². The average molecular weight is 363 g/mol. The SMILES string of the molecule is Cc1onc(-c2ccccc2Cl)c1C(=O)OCC(=O)N[C@@H](C)C1CC1. The van der Waals surface area contributed by atoms with Crippen molar-refractivity contribution in [1.82, 2.24) is 10.5 Å². The lowest BCUT2D eigenvalue weighted by Gasteiger charge is -2.12. The number of nitrogens with zero attached hydrogens (tertiary/aromatic N) is 1. The largest absolute Gasteiger partial charge is 0.452 e. The Hall–Kier alpha value is -2.34. The normalized spacial score (nSPS) is 14.8. The van der Waals surface area contributed by atoms with E-state index in [0.29, 0.717) is 28.0 Å². The second kappa shape index (κ2) is 7.27. The molecule has 0 bridgehead atoms. The second-order valence-corrected chi connectivity index (χ2v) is 6.62. The topological polar surface area (TPSA) is 81.4 Å². The maximum absolute atomic E-state index is 12.4. The van der Waals surface area contributed by atoms with Crippen molar-refractivity contribution in [2.45, 2.75) is 32.7 Å². The Labute approximate surface area is 150 Å². The molecular weight excluding hydrogens is 344 g/mol. The predicted molar refractivity (Wildman–Crippen MR) is 92.3 cm³/mol. The molecule has 1 heterocycles. The van der Waals surface area contributed by atoms with Crippen LogP contribution >= 0.6 is 11.6 Å². The molecule has 25 heavy (non-hydrogen) atoms. The first-order valence-electron chi connectivity index (χ1n) is 8.15. The van der Waals surface area contributed by atoms with Crippen LogP contribution in [0.5, 0.6) is 0 Å². The summed E-state index contributed by atoms with van der Waals surface area (Å²) in [7, 11) is 0. The zero-order valence-electron chi connectivity index (χ0n) is 14.0. The summed E-state index contributed by atoms with van der Waals surface area (Å²) in [6, 6.07) is 7.10. The van der Waals surface area contributed by atoms with Gasteiger partial charge in [-0.3, -0.25) is 4.79 Å². The van der Waals surface area contributed by atoms with Gasteiger partial charge in [0.1, 0.15) is 17.0 Å². The number of hydrogen-bond donors (Lipinski definition) is 1. The van der Waals surface area contributed by atoms with Crippen molar-refractivity contribution in [1.29, 1.82) is 0 Å². The van der Waals surface area contributed by atoms with E-state index < -0.39 is 5.97 Å². The highest BCUT2D eigenvalue weighted by atomic mass is 35.5. The summed E-state index contributed by atoms with van der Waals surface area (Å²) < 4.78 is 10.3. The monoisotopic (exact) mass is 362 g/mol. The third-order valence-electron chi connectivity index (χ3n) is 4.25. The standard InChI is InChI=1S/C18H19ClN2O4/c1-10(12-7-8-12)20-15(22)9-24-18(23)16-11(2)25-21-17(16)13-5-3-4-6-14(13)19/h3-6,10,12H,7-9H2,1-2H3,(H,20,22)/t10-/m0/s1. The average Bonchev–Trinajstić information content (AvgIpc) is 3.36. The Morgan fingerprint density at radius 2 is 2.12 bits per heavy atom. The van der Waals surface area contributed by atoms with Gasteiger partial charge in [-0.2, -0.15) is 0 Å². The summed E-state index contributed by atoms with van der Waals surface area (Å²) in [5.41, 5.74) is 1.05. The van der Waals surface area contributed by atoms with Crippen LogP contribution in [-0.2, 0) is 9.53 Å². The van der Waals surface area contributed by atoms with Crippen molar-refractivity contribution >= 4 is 23.5 Å². The molecule has 1 aliphatic carbocycles. The number of aromatic nitrogens is 1. The van der Waals surface area contributed by atoms with Crippen molar-refractivity contribution in [2.75, 3.05) is 6.61 Å². The maximum atomic E-state index is 12.4. The predicted octanol–water partition coefficient (Wildman–Crippen LogP) is 3.37. The summed E-state index contributed by atoms with van der Waals surface area (Å²) in [5, 5.41) is 7.20. The van der Waals surface area contributed by atoms with Crippen molar-refractivity contribution < 1.29 is 18.8 Å². The van der Waals surface area contributed by atoms with Crippen LogP contribution in [0.3, 0.4) is 0 Å². The molecule has 0 unspecified atom stereocenters. The molecule has 1 amide bonds. The summed E-state index contributed by atoms with van der Waals surface area (Å²) in [4.78, 5) is 24.3. The number of amides is 1.